The van der Waals surface area contributed by atoms with E-state index in [0.29, 0.717) is 36.3 Å². The summed E-state index contributed by atoms with van der Waals surface area (Å²) < 4.78 is 19.1. The fourth-order valence-electron chi connectivity index (χ4n) is 5.24. The lowest BCUT2D eigenvalue weighted by molar-refractivity contribution is 0.0687. The summed E-state index contributed by atoms with van der Waals surface area (Å²) in [7, 11) is 0. The predicted molar refractivity (Wildman–Crippen MR) is 173 cm³/mol. The van der Waals surface area contributed by atoms with Crippen molar-refractivity contribution in [3.63, 3.8) is 0 Å². The highest BCUT2D eigenvalue weighted by molar-refractivity contribution is 5.96. The number of carboxylic acids is 1. The average Bonchev–Trinajstić information content (AvgIpc) is 3.85. The largest absolute Gasteiger partial charge is 0.477 e. The number of aromatic carboxylic acids is 1. The van der Waals surface area contributed by atoms with Crippen LogP contribution in [0.1, 0.15) is 55.7 Å². The lowest BCUT2D eigenvalue weighted by atomic mass is 10.0. The third-order valence-electron chi connectivity index (χ3n) is 7.69. The minimum absolute atomic E-state index is 0. The number of fused-ring (bicyclic) bond motifs is 2. The molecule has 8 N–H and O–H groups in total. The van der Waals surface area contributed by atoms with Gasteiger partial charge < -0.3 is 27.2 Å². The van der Waals surface area contributed by atoms with Gasteiger partial charge in [-0.25, -0.2) is 19.0 Å². The first-order valence-corrected chi connectivity index (χ1v) is 14.3. The molecule has 1 aliphatic rings. The second-order valence-corrected chi connectivity index (χ2v) is 10.7. The zero-order valence-corrected chi connectivity index (χ0v) is 25.9. The summed E-state index contributed by atoms with van der Waals surface area (Å²) in [6.07, 6.45) is 2.55. The molecule has 0 unspecified atom stereocenters. The number of amides is 1. The first-order valence-electron chi connectivity index (χ1n) is 14.3. The summed E-state index contributed by atoms with van der Waals surface area (Å²) in [5.74, 6) is -2.43. The fourth-order valence-corrected chi connectivity index (χ4v) is 5.24. The SMILES string of the molecule is Cl.NCc1ccc(F)c(CNc2c(N)c(=O)c2=O)c1.O=C(N[C@H]1CCc2cc(-c3noc(=O)[nH]3)ccc21)c1cc(C(=O)O)n2ncnc2n1. The van der Waals surface area contributed by atoms with Gasteiger partial charge in [-0.3, -0.25) is 23.9 Å². The zero-order chi connectivity index (χ0) is 34.1. The molecule has 0 spiro atoms. The summed E-state index contributed by atoms with van der Waals surface area (Å²) >= 11 is 0. The molecule has 17 nitrogen and oxygen atoms in total. The van der Waals surface area contributed by atoms with E-state index in [0.717, 1.165) is 21.2 Å². The molecule has 49 heavy (non-hydrogen) atoms. The number of nitrogen functional groups attached to an aromatic ring is 1. The summed E-state index contributed by atoms with van der Waals surface area (Å²) in [6, 6.07) is 10.9. The highest BCUT2D eigenvalue weighted by Gasteiger charge is 2.27. The number of H-pyrrole nitrogens is 1. The van der Waals surface area contributed by atoms with Gasteiger partial charge in [0.05, 0.1) is 6.04 Å². The summed E-state index contributed by atoms with van der Waals surface area (Å²) in [5.41, 5.74) is 12.9. The number of nitrogens with zero attached hydrogens (tertiary/aromatic N) is 5. The van der Waals surface area contributed by atoms with Crippen LogP contribution in [0.2, 0.25) is 0 Å². The van der Waals surface area contributed by atoms with Crippen LogP contribution >= 0.6 is 12.4 Å². The molecule has 0 aliphatic heterocycles. The quantitative estimate of drug-likeness (QED) is 0.122. The molecule has 1 aliphatic carbocycles. The molecule has 3 heterocycles. The van der Waals surface area contributed by atoms with Crippen molar-refractivity contribution < 1.29 is 23.6 Å². The second kappa shape index (κ2) is 13.8. The number of hydrogen-bond acceptors (Lipinski definition) is 13. The lowest BCUT2D eigenvalue weighted by Crippen LogP contribution is -2.37. The van der Waals surface area contributed by atoms with Gasteiger partial charge in [0, 0.05) is 30.3 Å². The first kappa shape index (κ1) is 34.1. The Morgan fingerprint density at radius 3 is 2.61 bits per heavy atom. The van der Waals surface area contributed by atoms with Gasteiger partial charge in [-0.05, 0) is 47.7 Å². The molecule has 3 aromatic carbocycles. The van der Waals surface area contributed by atoms with Gasteiger partial charge in [0.1, 0.15) is 29.2 Å². The van der Waals surface area contributed by atoms with Gasteiger partial charge in [-0.15, -0.1) is 12.4 Å². The third kappa shape index (κ3) is 6.76. The number of aryl methyl sites for hydroxylation is 1. The number of carboxylic acid groups (broad SMARTS) is 1. The Labute approximate surface area is 279 Å². The average molecular weight is 693 g/mol. The molecule has 19 heteroatoms. The molecule has 1 atom stereocenters. The molecule has 0 bridgehead atoms. The van der Waals surface area contributed by atoms with E-state index < -0.39 is 34.3 Å². The molecule has 0 saturated heterocycles. The molecule has 3 aromatic heterocycles. The number of rotatable bonds is 8. The van der Waals surface area contributed by atoms with Crippen LogP contribution in [0.3, 0.4) is 0 Å². The van der Waals surface area contributed by atoms with Gasteiger partial charge in [0.25, 0.3) is 22.5 Å². The highest BCUT2D eigenvalue weighted by Crippen LogP contribution is 2.33. The molecule has 0 saturated carbocycles. The van der Waals surface area contributed by atoms with Crippen LogP contribution in [0.5, 0.6) is 0 Å². The molecular weight excluding hydrogens is 667 g/mol. The topological polar surface area (TPSA) is 267 Å². The molecule has 6 aromatic rings. The van der Waals surface area contributed by atoms with Crippen molar-refractivity contribution in [1.82, 2.24) is 35.0 Å². The summed E-state index contributed by atoms with van der Waals surface area (Å²) in [5, 5.41) is 22.4. The molecule has 7 rings (SSSR count). The number of benzene rings is 2. The van der Waals surface area contributed by atoms with Gasteiger partial charge in [-0.1, -0.05) is 23.4 Å². The maximum Gasteiger partial charge on any atom is 0.439 e. The van der Waals surface area contributed by atoms with Crippen molar-refractivity contribution in [3.8, 4) is 11.4 Å². The van der Waals surface area contributed by atoms with Crippen molar-refractivity contribution in [2.24, 2.45) is 5.73 Å². The predicted octanol–water partition coefficient (Wildman–Crippen LogP) is 1.08. The number of halogens is 2. The summed E-state index contributed by atoms with van der Waals surface area (Å²) in [4.78, 5) is 67.9. The molecular formula is C30H26ClFN10O7. The maximum atomic E-state index is 13.5. The number of hydrogen-bond donors (Lipinski definition) is 6. The van der Waals surface area contributed by atoms with Crippen molar-refractivity contribution in [2.75, 3.05) is 11.1 Å². The maximum absolute atomic E-state index is 13.5. The van der Waals surface area contributed by atoms with E-state index >= 15 is 0 Å². The number of anilines is 2. The number of aromatic nitrogens is 6. The van der Waals surface area contributed by atoms with Gasteiger partial charge in [0.15, 0.2) is 11.5 Å². The minimum atomic E-state index is -1.24. The Bertz CT molecular complexity index is 2340. The van der Waals surface area contributed by atoms with E-state index in [4.69, 9.17) is 11.5 Å². The van der Waals surface area contributed by atoms with Crippen molar-refractivity contribution in [2.45, 2.75) is 32.0 Å². The monoisotopic (exact) mass is 692 g/mol. The Morgan fingerprint density at radius 2 is 1.92 bits per heavy atom. The number of carbonyl (C=O) groups excluding carboxylic acids is 1. The Hall–Kier alpha value is -6.27. The number of carbonyl (C=O) groups is 2. The van der Waals surface area contributed by atoms with E-state index in [1.54, 1.807) is 18.2 Å². The van der Waals surface area contributed by atoms with E-state index in [1.807, 2.05) is 12.1 Å². The van der Waals surface area contributed by atoms with Gasteiger partial charge >= 0.3 is 11.7 Å². The van der Waals surface area contributed by atoms with E-state index in [2.05, 4.69) is 40.4 Å². The highest BCUT2D eigenvalue weighted by atomic mass is 35.5. The van der Waals surface area contributed by atoms with Crippen LogP contribution in [0.4, 0.5) is 15.8 Å². The fraction of sp³-hybridized carbons (Fsp3) is 0.167. The van der Waals surface area contributed by atoms with Gasteiger partial charge in [-0.2, -0.15) is 14.6 Å². The van der Waals surface area contributed by atoms with Crippen LogP contribution in [0, 0.1) is 5.82 Å². The smallest absolute Gasteiger partial charge is 0.439 e. The number of nitrogens with one attached hydrogen (secondary N) is 3. The Balaban J connectivity index is 0.000000212. The second-order valence-electron chi connectivity index (χ2n) is 10.7. The minimum Gasteiger partial charge on any atom is -0.477 e. The lowest BCUT2D eigenvalue weighted by Gasteiger charge is -2.14. The Morgan fingerprint density at radius 1 is 1.12 bits per heavy atom. The Kier molecular flexibility index (Phi) is 9.62. The van der Waals surface area contributed by atoms with Crippen LogP contribution < -0.4 is 38.7 Å². The van der Waals surface area contributed by atoms with Crippen molar-refractivity contribution >= 4 is 41.4 Å². The normalized spacial score (nSPS) is 13.3. The van der Waals surface area contributed by atoms with Crippen LogP contribution in [0.15, 0.2) is 67.7 Å². The first-order chi connectivity index (χ1) is 23.0. The van der Waals surface area contributed by atoms with Crippen molar-refractivity contribution in [1.29, 1.82) is 0 Å². The molecule has 0 radical (unpaired) electrons. The molecule has 252 valence electrons. The number of nitrogens with two attached hydrogens (primary N) is 2. The van der Waals surface area contributed by atoms with E-state index in [1.165, 1.54) is 18.5 Å². The zero-order valence-electron chi connectivity index (χ0n) is 25.1. The van der Waals surface area contributed by atoms with E-state index in [-0.39, 0.29) is 53.5 Å². The van der Waals surface area contributed by atoms with Crippen molar-refractivity contribution in [3.05, 3.63) is 119 Å². The van der Waals surface area contributed by atoms with Crippen LogP contribution in [0.25, 0.3) is 17.2 Å². The molecule has 1 amide bonds. The molecule has 0 fully saturated rings. The van der Waals surface area contributed by atoms with E-state index in [9.17, 15) is 33.5 Å². The van der Waals surface area contributed by atoms with Gasteiger partial charge in [0.2, 0.25) is 0 Å². The van der Waals surface area contributed by atoms with Crippen LogP contribution in [-0.4, -0.2) is 46.7 Å². The number of aromatic amines is 1. The standard InChI is InChI=1S/C18H13N7O5.C12H12FN3O2.ClH/c26-15(12-6-13(16(27)28)25-17(22-12)19-7-20-25)21-11-4-2-8-5-9(1-3-10(8)11)14-23-18(29)30-24-14;13-8-2-1-6(4-14)3-7(8)5-16-10-9(15)11(17)12(10)18;/h1,3,5-7,11H,2,4H2,(H,21,26)(H,27,28)(H,23,24,29);1-3,16H,4-5,14-15H2;1H/t11-;;/m0../s1. The summed E-state index contributed by atoms with van der Waals surface area (Å²) in [6.45, 7) is 0.379. The van der Waals surface area contributed by atoms with Crippen LogP contribution in [-0.2, 0) is 19.5 Å². The third-order valence-corrected chi connectivity index (χ3v) is 7.69.